The van der Waals surface area contributed by atoms with Crippen molar-refractivity contribution in [2.24, 2.45) is 0 Å². The maximum absolute atomic E-state index is 13.5. The zero-order valence-electron chi connectivity index (χ0n) is 13.3. The second-order valence-corrected chi connectivity index (χ2v) is 5.94. The van der Waals surface area contributed by atoms with Crippen molar-refractivity contribution in [2.45, 2.75) is 51.7 Å². The number of halogens is 1. The highest BCUT2D eigenvalue weighted by atomic mass is 19.1. The molecule has 2 unspecified atom stereocenters. The summed E-state index contributed by atoms with van der Waals surface area (Å²) in [6.07, 6.45) is 3.48. The van der Waals surface area contributed by atoms with Crippen LogP contribution in [0.2, 0.25) is 0 Å². The van der Waals surface area contributed by atoms with Crippen molar-refractivity contribution in [3.05, 3.63) is 29.6 Å². The summed E-state index contributed by atoms with van der Waals surface area (Å²) < 4.78 is 13.5. The standard InChI is InChI=1S/C17H25FN2O2/c1-3-20(15-9-4-5-10-16(15)21)11-17(22)19-14-8-6-7-13(18)12(14)2/h6-8,15-16,21H,3-5,9-11H2,1-2H3,(H,19,22). The van der Waals surface area contributed by atoms with Crippen LogP contribution in [0.3, 0.4) is 0 Å². The van der Waals surface area contributed by atoms with Crippen molar-refractivity contribution in [1.29, 1.82) is 0 Å². The average Bonchev–Trinajstić information content (AvgIpc) is 2.50. The molecule has 1 fully saturated rings. The number of amides is 1. The fourth-order valence-electron chi connectivity index (χ4n) is 3.10. The number of anilines is 1. The molecule has 1 saturated carbocycles. The van der Waals surface area contributed by atoms with Crippen molar-refractivity contribution >= 4 is 11.6 Å². The van der Waals surface area contributed by atoms with Crippen LogP contribution in [0, 0.1) is 12.7 Å². The summed E-state index contributed by atoms with van der Waals surface area (Å²) >= 11 is 0. The molecule has 1 aliphatic rings. The largest absolute Gasteiger partial charge is 0.391 e. The topological polar surface area (TPSA) is 52.6 Å². The molecule has 2 atom stereocenters. The lowest BCUT2D eigenvalue weighted by molar-refractivity contribution is -0.118. The Kier molecular flexibility index (Phi) is 5.91. The maximum atomic E-state index is 13.5. The van der Waals surface area contributed by atoms with Gasteiger partial charge in [-0.15, -0.1) is 0 Å². The number of hydrogen-bond donors (Lipinski definition) is 2. The number of hydrogen-bond acceptors (Lipinski definition) is 3. The Bertz CT molecular complexity index is 521. The van der Waals surface area contributed by atoms with Crippen LogP contribution in [0.4, 0.5) is 10.1 Å². The summed E-state index contributed by atoms with van der Waals surface area (Å²) in [5.41, 5.74) is 0.946. The zero-order chi connectivity index (χ0) is 16.1. The molecular weight excluding hydrogens is 283 g/mol. The van der Waals surface area contributed by atoms with Gasteiger partial charge in [0.2, 0.25) is 5.91 Å². The second-order valence-electron chi connectivity index (χ2n) is 5.94. The van der Waals surface area contributed by atoms with Gasteiger partial charge in [0.25, 0.3) is 0 Å². The molecule has 1 amide bonds. The van der Waals surface area contributed by atoms with Gasteiger partial charge in [0.15, 0.2) is 0 Å². The molecule has 2 rings (SSSR count). The van der Waals surface area contributed by atoms with E-state index in [4.69, 9.17) is 0 Å². The lowest BCUT2D eigenvalue weighted by Crippen LogP contribution is -2.48. The number of carbonyl (C=O) groups is 1. The molecule has 0 aliphatic heterocycles. The molecule has 0 radical (unpaired) electrons. The predicted molar refractivity (Wildman–Crippen MR) is 85.3 cm³/mol. The molecule has 1 aromatic carbocycles. The number of nitrogens with zero attached hydrogens (tertiary/aromatic N) is 1. The first-order chi connectivity index (χ1) is 10.5. The lowest BCUT2D eigenvalue weighted by Gasteiger charge is -2.36. The van der Waals surface area contributed by atoms with Gasteiger partial charge < -0.3 is 10.4 Å². The molecule has 1 aromatic rings. The molecular formula is C17H25FN2O2. The quantitative estimate of drug-likeness (QED) is 0.879. The first-order valence-corrected chi connectivity index (χ1v) is 8.00. The minimum absolute atomic E-state index is 0.0399. The molecule has 22 heavy (non-hydrogen) atoms. The zero-order valence-corrected chi connectivity index (χ0v) is 13.3. The fourth-order valence-corrected chi connectivity index (χ4v) is 3.10. The number of benzene rings is 1. The Morgan fingerprint density at radius 3 is 2.82 bits per heavy atom. The SMILES string of the molecule is CCN(CC(=O)Nc1cccc(F)c1C)C1CCCCC1O. The summed E-state index contributed by atoms with van der Waals surface area (Å²) in [4.78, 5) is 14.2. The van der Waals surface area contributed by atoms with E-state index < -0.39 is 0 Å². The van der Waals surface area contributed by atoms with E-state index >= 15 is 0 Å². The number of aliphatic hydroxyl groups is 1. The third-order valence-corrected chi connectivity index (χ3v) is 4.46. The van der Waals surface area contributed by atoms with Crippen LogP contribution in [0.25, 0.3) is 0 Å². The van der Waals surface area contributed by atoms with Gasteiger partial charge in [0, 0.05) is 17.3 Å². The Labute approximate surface area is 131 Å². The number of carbonyl (C=O) groups excluding carboxylic acids is 1. The highest BCUT2D eigenvalue weighted by molar-refractivity contribution is 5.93. The molecule has 1 aliphatic carbocycles. The smallest absolute Gasteiger partial charge is 0.238 e. The van der Waals surface area contributed by atoms with Crippen LogP contribution < -0.4 is 5.32 Å². The van der Waals surface area contributed by atoms with Crippen molar-refractivity contribution in [3.63, 3.8) is 0 Å². The molecule has 0 bridgehead atoms. The van der Waals surface area contributed by atoms with E-state index in [1.54, 1.807) is 19.1 Å². The van der Waals surface area contributed by atoms with Crippen LogP contribution in [-0.2, 0) is 4.79 Å². The van der Waals surface area contributed by atoms with Crippen LogP contribution in [0.15, 0.2) is 18.2 Å². The average molecular weight is 308 g/mol. The van der Waals surface area contributed by atoms with Gasteiger partial charge in [-0.05, 0) is 38.4 Å². The van der Waals surface area contributed by atoms with Crippen LogP contribution in [-0.4, -0.2) is 41.1 Å². The molecule has 0 spiro atoms. The van der Waals surface area contributed by atoms with Gasteiger partial charge in [-0.25, -0.2) is 4.39 Å². The van der Waals surface area contributed by atoms with Crippen LogP contribution in [0.1, 0.15) is 38.2 Å². The monoisotopic (exact) mass is 308 g/mol. The van der Waals surface area contributed by atoms with Gasteiger partial charge in [-0.3, -0.25) is 9.69 Å². The summed E-state index contributed by atoms with van der Waals surface area (Å²) in [5.74, 6) is -0.499. The molecule has 2 N–H and O–H groups in total. The third-order valence-electron chi connectivity index (χ3n) is 4.46. The highest BCUT2D eigenvalue weighted by Crippen LogP contribution is 2.23. The predicted octanol–water partition coefficient (Wildman–Crippen LogP) is 2.70. The van der Waals surface area contributed by atoms with E-state index in [0.717, 1.165) is 25.7 Å². The Hall–Kier alpha value is -1.46. The number of likely N-dealkylation sites (N-methyl/N-ethyl adjacent to an activating group) is 1. The summed E-state index contributed by atoms with van der Waals surface area (Å²) in [5, 5.41) is 12.9. The molecule has 0 heterocycles. The van der Waals surface area contributed by atoms with E-state index in [-0.39, 0.29) is 30.4 Å². The number of aliphatic hydroxyl groups excluding tert-OH is 1. The van der Waals surface area contributed by atoms with E-state index in [2.05, 4.69) is 5.32 Å². The van der Waals surface area contributed by atoms with Crippen molar-refractivity contribution in [3.8, 4) is 0 Å². The van der Waals surface area contributed by atoms with E-state index in [1.807, 2.05) is 11.8 Å². The molecule has 4 nitrogen and oxygen atoms in total. The maximum Gasteiger partial charge on any atom is 0.238 e. The summed E-state index contributed by atoms with van der Waals surface area (Å²) in [6, 6.07) is 4.70. The van der Waals surface area contributed by atoms with Crippen molar-refractivity contribution in [2.75, 3.05) is 18.4 Å². The Balaban J connectivity index is 1.98. The highest BCUT2D eigenvalue weighted by Gasteiger charge is 2.29. The molecule has 0 saturated heterocycles. The van der Waals surface area contributed by atoms with E-state index in [9.17, 15) is 14.3 Å². The van der Waals surface area contributed by atoms with Gasteiger partial charge in [-0.1, -0.05) is 25.8 Å². The normalized spacial score (nSPS) is 21.9. The minimum Gasteiger partial charge on any atom is -0.391 e. The Morgan fingerprint density at radius 1 is 1.41 bits per heavy atom. The van der Waals surface area contributed by atoms with E-state index in [0.29, 0.717) is 17.8 Å². The minimum atomic E-state index is -0.364. The first kappa shape index (κ1) is 16.9. The van der Waals surface area contributed by atoms with Crippen LogP contribution >= 0.6 is 0 Å². The number of nitrogens with one attached hydrogen (secondary N) is 1. The summed E-state index contributed by atoms with van der Waals surface area (Å²) in [6.45, 7) is 4.56. The van der Waals surface area contributed by atoms with E-state index in [1.165, 1.54) is 6.07 Å². The van der Waals surface area contributed by atoms with Gasteiger partial charge in [0.05, 0.1) is 12.6 Å². The van der Waals surface area contributed by atoms with Crippen molar-refractivity contribution in [1.82, 2.24) is 4.90 Å². The second kappa shape index (κ2) is 7.70. The van der Waals surface area contributed by atoms with Gasteiger partial charge >= 0.3 is 0 Å². The Morgan fingerprint density at radius 2 is 2.14 bits per heavy atom. The molecule has 122 valence electrons. The first-order valence-electron chi connectivity index (χ1n) is 8.00. The number of rotatable bonds is 5. The van der Waals surface area contributed by atoms with Gasteiger partial charge in [-0.2, -0.15) is 0 Å². The van der Waals surface area contributed by atoms with Gasteiger partial charge in [0.1, 0.15) is 5.82 Å². The summed E-state index contributed by atoms with van der Waals surface area (Å²) in [7, 11) is 0. The van der Waals surface area contributed by atoms with Crippen molar-refractivity contribution < 1.29 is 14.3 Å². The lowest BCUT2D eigenvalue weighted by atomic mass is 9.91. The fraction of sp³-hybridized carbons (Fsp3) is 0.588. The third kappa shape index (κ3) is 4.05. The molecule has 0 aromatic heterocycles. The van der Waals surface area contributed by atoms with Crippen LogP contribution in [0.5, 0.6) is 0 Å². The molecule has 5 heteroatoms.